The van der Waals surface area contributed by atoms with Gasteiger partial charge in [0.2, 0.25) is 0 Å². The number of aryl methyl sites for hydroxylation is 1. The number of aromatic nitrogens is 1. The normalized spacial score (nSPS) is 12.7. The van der Waals surface area contributed by atoms with Crippen molar-refractivity contribution in [1.82, 2.24) is 4.98 Å². The van der Waals surface area contributed by atoms with Crippen molar-refractivity contribution < 1.29 is 4.39 Å². The van der Waals surface area contributed by atoms with Gasteiger partial charge in [0, 0.05) is 10.4 Å². The molecule has 0 fully saturated rings. The Morgan fingerprint density at radius 2 is 1.94 bits per heavy atom. The van der Waals surface area contributed by atoms with E-state index in [0.29, 0.717) is 10.7 Å². The molecule has 1 atom stereocenters. The van der Waals surface area contributed by atoms with Crippen LogP contribution in [0.25, 0.3) is 11.3 Å². The van der Waals surface area contributed by atoms with Crippen LogP contribution in [0.4, 0.5) is 9.52 Å². The van der Waals surface area contributed by atoms with E-state index < -0.39 is 6.17 Å². The number of halogens is 1. The number of nitrogens with two attached hydrogens (primary N) is 1. The van der Waals surface area contributed by atoms with Crippen LogP contribution in [-0.2, 0) is 0 Å². The van der Waals surface area contributed by atoms with Crippen LogP contribution >= 0.6 is 11.3 Å². The summed E-state index contributed by atoms with van der Waals surface area (Å²) in [4.78, 5) is 5.34. The molecule has 0 bridgehead atoms. The molecule has 1 aromatic heterocycles. The number of alkyl halides is 1. The molecule has 0 saturated carbocycles. The Morgan fingerprint density at radius 3 is 2.38 bits per heavy atom. The molecule has 0 saturated heterocycles. The lowest BCUT2D eigenvalue weighted by atomic mass is 10.1. The van der Waals surface area contributed by atoms with Gasteiger partial charge in [0.25, 0.3) is 0 Å². The largest absolute Gasteiger partial charge is 0.375 e. The fraction of sp³-hybridized carbons (Fsp3) is 0.250. The van der Waals surface area contributed by atoms with Gasteiger partial charge < -0.3 is 5.73 Å². The Morgan fingerprint density at radius 1 is 1.31 bits per heavy atom. The van der Waals surface area contributed by atoms with E-state index >= 15 is 0 Å². The van der Waals surface area contributed by atoms with Crippen LogP contribution in [0.5, 0.6) is 0 Å². The summed E-state index contributed by atoms with van der Waals surface area (Å²) in [6.45, 7) is 3.51. The second-order valence-corrected chi connectivity index (χ2v) is 4.93. The lowest BCUT2D eigenvalue weighted by molar-refractivity contribution is 0.374. The van der Waals surface area contributed by atoms with E-state index in [1.54, 1.807) is 12.1 Å². The number of hydrogen-bond acceptors (Lipinski definition) is 3. The van der Waals surface area contributed by atoms with E-state index in [2.05, 4.69) is 4.98 Å². The van der Waals surface area contributed by atoms with E-state index in [1.807, 2.05) is 19.1 Å². The molecule has 0 aliphatic rings. The molecule has 16 heavy (non-hydrogen) atoms. The zero-order valence-corrected chi connectivity index (χ0v) is 10.0. The number of nitrogens with zero attached hydrogens (tertiary/aromatic N) is 1. The van der Waals surface area contributed by atoms with Gasteiger partial charge >= 0.3 is 0 Å². The highest BCUT2D eigenvalue weighted by Gasteiger charge is 2.09. The van der Waals surface area contributed by atoms with Crippen LogP contribution in [0, 0.1) is 6.92 Å². The van der Waals surface area contributed by atoms with E-state index in [0.717, 1.165) is 16.1 Å². The molecule has 2 rings (SSSR count). The van der Waals surface area contributed by atoms with Crippen molar-refractivity contribution in [2.24, 2.45) is 0 Å². The maximum Gasteiger partial charge on any atom is 0.180 e. The third-order valence-corrected chi connectivity index (χ3v) is 3.26. The first kappa shape index (κ1) is 11.1. The molecule has 0 aliphatic heterocycles. The van der Waals surface area contributed by atoms with Crippen LogP contribution in [-0.4, -0.2) is 4.98 Å². The first-order valence-electron chi connectivity index (χ1n) is 5.05. The summed E-state index contributed by atoms with van der Waals surface area (Å²) in [5.41, 5.74) is 8.20. The highest BCUT2D eigenvalue weighted by atomic mass is 32.1. The SMILES string of the molecule is Cc1sc(N)nc1-c1ccc(C(C)F)cc1. The minimum absolute atomic E-state index is 0.565. The molecule has 0 spiro atoms. The van der Waals surface area contributed by atoms with Crippen LogP contribution < -0.4 is 5.73 Å². The molecule has 84 valence electrons. The van der Waals surface area contributed by atoms with Crippen molar-refractivity contribution in [3.8, 4) is 11.3 Å². The number of nitrogen functional groups attached to an aromatic ring is 1. The quantitative estimate of drug-likeness (QED) is 0.862. The van der Waals surface area contributed by atoms with E-state index in [9.17, 15) is 4.39 Å². The van der Waals surface area contributed by atoms with Crippen molar-refractivity contribution in [1.29, 1.82) is 0 Å². The van der Waals surface area contributed by atoms with Gasteiger partial charge in [0.05, 0.1) is 5.69 Å². The van der Waals surface area contributed by atoms with Gasteiger partial charge in [-0.05, 0) is 19.4 Å². The molecule has 0 aliphatic carbocycles. The third kappa shape index (κ3) is 2.07. The molecule has 1 heterocycles. The van der Waals surface area contributed by atoms with Crippen molar-refractivity contribution in [2.75, 3.05) is 5.73 Å². The van der Waals surface area contributed by atoms with Crippen molar-refractivity contribution in [3.63, 3.8) is 0 Å². The van der Waals surface area contributed by atoms with Gasteiger partial charge in [0.1, 0.15) is 6.17 Å². The van der Waals surface area contributed by atoms with Crippen LogP contribution in [0.15, 0.2) is 24.3 Å². The zero-order valence-electron chi connectivity index (χ0n) is 9.20. The second kappa shape index (κ2) is 4.22. The average Bonchev–Trinajstić information content (AvgIpc) is 2.58. The Kier molecular flexibility index (Phi) is 2.92. The van der Waals surface area contributed by atoms with E-state index in [-0.39, 0.29) is 0 Å². The van der Waals surface area contributed by atoms with Crippen LogP contribution in [0.2, 0.25) is 0 Å². The fourth-order valence-electron chi connectivity index (χ4n) is 1.59. The van der Waals surface area contributed by atoms with Crippen LogP contribution in [0.3, 0.4) is 0 Å². The van der Waals surface area contributed by atoms with Crippen LogP contribution in [0.1, 0.15) is 23.5 Å². The van der Waals surface area contributed by atoms with Crippen molar-refractivity contribution in [3.05, 3.63) is 34.7 Å². The van der Waals surface area contributed by atoms with Gasteiger partial charge in [-0.15, -0.1) is 11.3 Å². The predicted octanol–water partition coefficient (Wildman–Crippen LogP) is 3.73. The molecule has 1 aromatic carbocycles. The average molecular weight is 236 g/mol. The van der Waals surface area contributed by atoms with Gasteiger partial charge in [-0.2, -0.15) is 0 Å². The molecule has 2 aromatic rings. The molecule has 4 heteroatoms. The molecule has 0 radical (unpaired) electrons. The Hall–Kier alpha value is -1.42. The smallest absolute Gasteiger partial charge is 0.180 e. The third-order valence-electron chi connectivity index (χ3n) is 2.46. The fourth-order valence-corrected chi connectivity index (χ4v) is 2.30. The number of anilines is 1. The van der Waals surface area contributed by atoms with Crippen molar-refractivity contribution >= 4 is 16.5 Å². The first-order chi connectivity index (χ1) is 7.58. The number of benzene rings is 1. The topological polar surface area (TPSA) is 38.9 Å². The summed E-state index contributed by atoms with van der Waals surface area (Å²) in [7, 11) is 0. The van der Waals surface area contributed by atoms with Gasteiger partial charge in [-0.3, -0.25) is 0 Å². The maximum absolute atomic E-state index is 13.0. The van der Waals surface area contributed by atoms with Gasteiger partial charge in [-0.1, -0.05) is 24.3 Å². The molecule has 2 N–H and O–H groups in total. The monoisotopic (exact) mass is 236 g/mol. The minimum Gasteiger partial charge on any atom is -0.375 e. The lowest BCUT2D eigenvalue weighted by Crippen LogP contribution is -1.87. The predicted molar refractivity (Wildman–Crippen MR) is 66.2 cm³/mol. The number of rotatable bonds is 2. The summed E-state index contributed by atoms with van der Waals surface area (Å²) >= 11 is 1.47. The molecule has 2 nitrogen and oxygen atoms in total. The molecule has 1 unspecified atom stereocenters. The molecular weight excluding hydrogens is 223 g/mol. The first-order valence-corrected chi connectivity index (χ1v) is 5.87. The maximum atomic E-state index is 13.0. The standard InChI is InChI=1S/C12H13FN2S/c1-7(13)9-3-5-10(6-4-9)11-8(2)16-12(14)15-11/h3-7H,1-2H3,(H2,14,15). The highest BCUT2D eigenvalue weighted by molar-refractivity contribution is 7.15. The summed E-state index contributed by atoms with van der Waals surface area (Å²) < 4.78 is 13.0. The van der Waals surface area contributed by atoms with Gasteiger partial charge in [0.15, 0.2) is 5.13 Å². The Labute approximate surface area is 97.9 Å². The van der Waals surface area contributed by atoms with Gasteiger partial charge in [-0.25, -0.2) is 9.37 Å². The summed E-state index contributed by atoms with van der Waals surface area (Å²) in [5.74, 6) is 0. The summed E-state index contributed by atoms with van der Waals surface area (Å²) in [6, 6.07) is 7.34. The summed E-state index contributed by atoms with van der Waals surface area (Å²) in [5, 5.41) is 0.565. The highest BCUT2D eigenvalue weighted by Crippen LogP contribution is 2.29. The lowest BCUT2D eigenvalue weighted by Gasteiger charge is -2.03. The zero-order chi connectivity index (χ0) is 11.7. The Bertz CT molecular complexity index is 488. The molecule has 0 amide bonds. The Balaban J connectivity index is 2.38. The second-order valence-electron chi connectivity index (χ2n) is 3.69. The molecular formula is C12H13FN2S. The number of hydrogen-bond donors (Lipinski definition) is 1. The van der Waals surface area contributed by atoms with E-state index in [1.165, 1.54) is 18.3 Å². The van der Waals surface area contributed by atoms with E-state index in [4.69, 9.17) is 5.73 Å². The summed E-state index contributed by atoms with van der Waals surface area (Å²) in [6.07, 6.45) is -0.935. The van der Waals surface area contributed by atoms with Crippen molar-refractivity contribution in [2.45, 2.75) is 20.0 Å². The number of thiazole rings is 1. The minimum atomic E-state index is -0.935.